The minimum atomic E-state index is -0.545. The summed E-state index contributed by atoms with van der Waals surface area (Å²) in [6.45, 7) is 4.17. The van der Waals surface area contributed by atoms with Gasteiger partial charge in [-0.1, -0.05) is 11.3 Å². The lowest BCUT2D eigenvalue weighted by atomic mass is 9.92. The van der Waals surface area contributed by atoms with Gasteiger partial charge in [-0.25, -0.2) is 13.8 Å². The van der Waals surface area contributed by atoms with Crippen molar-refractivity contribution < 1.29 is 17.9 Å². The summed E-state index contributed by atoms with van der Waals surface area (Å²) < 4.78 is 44.3. The second-order valence-electron chi connectivity index (χ2n) is 12.9. The normalized spacial score (nSPS) is 22.6. The number of nitrogens with two attached hydrogens (primary N) is 1. The molecule has 5 aromatic rings. The zero-order valence-corrected chi connectivity index (χ0v) is 25.5. The molecule has 2 aromatic carbocycles. The standard InChI is InChI=1S/C33H33F2N7O2S/c34-24-6-5-21(28-29(24)45-31(36)38-28)25-22(18-7-12-43-16-18)13-23-27(26(25)35)39-32(44-17-33-8-1-10-42(33)11-2-9-33)40-30(23)41-14-19-3-4-20(15-41)37-19/h5-7,12-13,16,19-20,37H,1-4,8-11,14-15,17H2,(H2,36,38). The van der Waals surface area contributed by atoms with Gasteiger partial charge >= 0.3 is 6.01 Å². The quantitative estimate of drug-likeness (QED) is 0.235. The highest BCUT2D eigenvalue weighted by molar-refractivity contribution is 7.22. The molecule has 2 unspecified atom stereocenters. The van der Waals surface area contributed by atoms with Crippen LogP contribution in [0.25, 0.3) is 43.4 Å². The number of ether oxygens (including phenoxy) is 1. The molecule has 2 atom stereocenters. The number of fused-ring (bicyclic) bond motifs is 5. The average molecular weight is 630 g/mol. The maximum atomic E-state index is 17.3. The van der Waals surface area contributed by atoms with E-state index in [1.54, 1.807) is 24.7 Å². The van der Waals surface area contributed by atoms with Gasteiger partial charge in [-0.3, -0.25) is 4.90 Å². The number of benzene rings is 2. The smallest absolute Gasteiger partial charge is 0.319 e. The van der Waals surface area contributed by atoms with E-state index in [1.807, 2.05) is 6.07 Å². The van der Waals surface area contributed by atoms with Gasteiger partial charge in [0.05, 0.1) is 28.3 Å². The Kier molecular flexibility index (Phi) is 6.30. The second kappa shape index (κ2) is 10.3. The third-order valence-electron chi connectivity index (χ3n) is 10.3. The van der Waals surface area contributed by atoms with E-state index in [9.17, 15) is 4.39 Å². The van der Waals surface area contributed by atoms with Crippen LogP contribution in [0.5, 0.6) is 6.01 Å². The highest BCUT2D eigenvalue weighted by atomic mass is 32.1. The topological polar surface area (TPSA) is 106 Å². The lowest BCUT2D eigenvalue weighted by molar-refractivity contribution is 0.108. The summed E-state index contributed by atoms with van der Waals surface area (Å²) in [4.78, 5) is 19.0. The number of nitrogens with one attached hydrogen (secondary N) is 1. The van der Waals surface area contributed by atoms with E-state index in [2.05, 4.69) is 20.1 Å². The average Bonchev–Trinajstić information content (AvgIpc) is 3.86. The molecular formula is C33H33F2N7O2S. The van der Waals surface area contributed by atoms with Crippen LogP contribution in [0.15, 0.2) is 41.2 Å². The van der Waals surface area contributed by atoms with Crippen molar-refractivity contribution in [3.8, 4) is 28.3 Å². The Balaban J connectivity index is 1.26. The van der Waals surface area contributed by atoms with Crippen molar-refractivity contribution in [2.75, 3.05) is 43.4 Å². The van der Waals surface area contributed by atoms with E-state index >= 15 is 4.39 Å². The summed E-state index contributed by atoms with van der Waals surface area (Å²) in [5.41, 5.74) is 8.44. The van der Waals surface area contributed by atoms with E-state index in [0.717, 1.165) is 76.0 Å². The Morgan fingerprint density at radius 3 is 2.58 bits per heavy atom. The zero-order valence-electron chi connectivity index (χ0n) is 24.7. The third-order valence-corrected chi connectivity index (χ3v) is 11.2. The van der Waals surface area contributed by atoms with Crippen LogP contribution in [0.1, 0.15) is 38.5 Å². The first-order chi connectivity index (χ1) is 22.0. The molecule has 12 heteroatoms. The Morgan fingerprint density at radius 1 is 1.02 bits per heavy atom. The largest absolute Gasteiger partial charge is 0.472 e. The van der Waals surface area contributed by atoms with Crippen molar-refractivity contribution in [2.45, 2.75) is 56.1 Å². The molecule has 4 aliphatic heterocycles. The molecule has 0 aliphatic carbocycles. The first-order valence-corrected chi connectivity index (χ1v) is 16.6. The van der Waals surface area contributed by atoms with E-state index in [1.165, 1.54) is 6.07 Å². The summed E-state index contributed by atoms with van der Waals surface area (Å²) in [6.07, 6.45) is 9.80. The van der Waals surface area contributed by atoms with Crippen LogP contribution in [0.4, 0.5) is 19.7 Å². The van der Waals surface area contributed by atoms with Gasteiger partial charge in [0.25, 0.3) is 0 Å². The summed E-state index contributed by atoms with van der Waals surface area (Å²) in [5.74, 6) is -0.329. The zero-order chi connectivity index (χ0) is 30.3. The fourth-order valence-electron chi connectivity index (χ4n) is 8.23. The lowest BCUT2D eigenvalue weighted by Crippen LogP contribution is -2.51. The highest BCUT2D eigenvalue weighted by Crippen LogP contribution is 2.45. The second-order valence-corrected chi connectivity index (χ2v) is 14.0. The van der Waals surface area contributed by atoms with Gasteiger partial charge in [0, 0.05) is 47.2 Å². The number of hydrogen-bond donors (Lipinski definition) is 2. The Bertz CT molecular complexity index is 1930. The van der Waals surface area contributed by atoms with Crippen LogP contribution in [0.3, 0.4) is 0 Å². The fraction of sp³-hybridized carbons (Fsp3) is 0.424. The number of rotatable bonds is 6. The van der Waals surface area contributed by atoms with Gasteiger partial charge in [-0.05, 0) is 81.4 Å². The van der Waals surface area contributed by atoms with Gasteiger partial charge in [0.2, 0.25) is 0 Å². The molecular weight excluding hydrogens is 596 g/mol. The summed E-state index contributed by atoms with van der Waals surface area (Å²) in [6, 6.07) is 7.50. The SMILES string of the molecule is Nc1nc2c(-c3c(-c4ccoc4)cc4c(N5CC6CCC(C5)N6)nc(OCC56CCCN5CCC6)nc4c3F)ccc(F)c2s1. The Labute approximate surface area is 262 Å². The van der Waals surface area contributed by atoms with E-state index in [4.69, 9.17) is 24.9 Å². The van der Waals surface area contributed by atoms with Crippen LogP contribution in [0.2, 0.25) is 0 Å². The van der Waals surface area contributed by atoms with E-state index < -0.39 is 11.6 Å². The van der Waals surface area contributed by atoms with Crippen LogP contribution < -0.4 is 20.7 Å². The predicted molar refractivity (Wildman–Crippen MR) is 171 cm³/mol. The lowest BCUT2D eigenvalue weighted by Gasteiger charge is -2.35. The Morgan fingerprint density at radius 2 is 1.82 bits per heavy atom. The van der Waals surface area contributed by atoms with Gasteiger partial charge in [0.1, 0.15) is 23.8 Å². The molecule has 3 aromatic heterocycles. The summed E-state index contributed by atoms with van der Waals surface area (Å²) >= 11 is 1.04. The van der Waals surface area contributed by atoms with Crippen LogP contribution >= 0.6 is 11.3 Å². The molecule has 4 fully saturated rings. The van der Waals surface area contributed by atoms with Crippen molar-refractivity contribution >= 4 is 43.4 Å². The molecule has 0 radical (unpaired) electrons. The van der Waals surface area contributed by atoms with Crippen LogP contribution in [-0.2, 0) is 0 Å². The maximum absolute atomic E-state index is 17.3. The van der Waals surface area contributed by atoms with Gasteiger partial charge in [-0.2, -0.15) is 9.97 Å². The van der Waals surface area contributed by atoms with E-state index in [0.29, 0.717) is 52.1 Å². The number of furan rings is 1. The molecule has 4 saturated heterocycles. The number of nitrogens with zero attached hydrogens (tertiary/aromatic N) is 5. The monoisotopic (exact) mass is 629 g/mol. The third kappa shape index (κ3) is 4.40. The molecule has 9 rings (SSSR count). The molecule has 9 nitrogen and oxygen atoms in total. The Hall–Kier alpha value is -3.87. The first kappa shape index (κ1) is 27.4. The van der Waals surface area contributed by atoms with Crippen molar-refractivity contribution in [1.29, 1.82) is 0 Å². The number of thiazole rings is 1. The number of piperazine rings is 1. The molecule has 0 saturated carbocycles. The predicted octanol–water partition coefficient (Wildman–Crippen LogP) is 5.97. The summed E-state index contributed by atoms with van der Waals surface area (Å²) in [5, 5.41) is 4.49. The van der Waals surface area contributed by atoms with Crippen molar-refractivity contribution in [1.82, 2.24) is 25.2 Å². The highest BCUT2D eigenvalue weighted by Gasteiger charge is 2.45. The first-order valence-electron chi connectivity index (χ1n) is 15.8. The van der Waals surface area contributed by atoms with Crippen molar-refractivity contribution in [3.63, 3.8) is 0 Å². The summed E-state index contributed by atoms with van der Waals surface area (Å²) in [7, 11) is 0. The number of anilines is 2. The van der Waals surface area contributed by atoms with Crippen molar-refractivity contribution in [2.24, 2.45) is 0 Å². The van der Waals surface area contributed by atoms with Crippen LogP contribution in [0, 0.1) is 11.6 Å². The van der Waals surface area contributed by atoms with Crippen LogP contribution in [-0.4, -0.2) is 70.3 Å². The van der Waals surface area contributed by atoms with Gasteiger partial charge in [-0.15, -0.1) is 0 Å². The number of nitrogen functional groups attached to an aromatic ring is 1. The fourth-order valence-corrected chi connectivity index (χ4v) is 8.99. The number of aromatic nitrogens is 3. The molecule has 4 aliphatic rings. The number of hydrogen-bond acceptors (Lipinski definition) is 10. The maximum Gasteiger partial charge on any atom is 0.319 e. The molecule has 232 valence electrons. The molecule has 3 N–H and O–H groups in total. The minimum Gasteiger partial charge on any atom is -0.472 e. The minimum absolute atomic E-state index is 0.00819. The molecule has 45 heavy (non-hydrogen) atoms. The van der Waals surface area contributed by atoms with Gasteiger partial charge < -0.3 is 25.1 Å². The molecule has 0 amide bonds. The van der Waals surface area contributed by atoms with Crippen molar-refractivity contribution in [3.05, 3.63) is 48.4 Å². The molecule has 2 bridgehead atoms. The number of halogens is 2. The molecule has 7 heterocycles. The molecule has 0 spiro atoms. The van der Waals surface area contributed by atoms with E-state index in [-0.39, 0.29) is 32.5 Å². The van der Waals surface area contributed by atoms with Gasteiger partial charge in [0.15, 0.2) is 10.9 Å².